The van der Waals surface area contributed by atoms with Gasteiger partial charge in [-0.2, -0.15) is 0 Å². The van der Waals surface area contributed by atoms with Gasteiger partial charge in [-0.3, -0.25) is 4.31 Å². The molecule has 0 unspecified atom stereocenters. The number of carbonyl (C=O) groups is 1. The van der Waals surface area contributed by atoms with E-state index in [4.69, 9.17) is 0 Å². The Hall–Kier alpha value is -2.41. The van der Waals surface area contributed by atoms with Gasteiger partial charge < -0.3 is 4.74 Å². The maximum absolute atomic E-state index is 14.2. The molecule has 0 spiro atoms. The molecule has 1 atom stereocenters. The number of benzene rings is 2. The normalized spacial score (nSPS) is 16.8. The van der Waals surface area contributed by atoms with Gasteiger partial charge in [-0.15, -0.1) is 0 Å². The lowest BCUT2D eigenvalue weighted by Gasteiger charge is -2.24. The van der Waals surface area contributed by atoms with Gasteiger partial charge in [-0.1, -0.05) is 18.2 Å². The monoisotopic (exact) mass is 349 g/mol. The molecule has 7 heteroatoms. The topological polar surface area (TPSA) is 63.7 Å². The number of anilines is 1. The smallest absolute Gasteiger partial charge is 0.337 e. The Morgan fingerprint density at radius 2 is 1.96 bits per heavy atom. The molecule has 24 heavy (non-hydrogen) atoms. The fourth-order valence-electron chi connectivity index (χ4n) is 2.96. The van der Waals surface area contributed by atoms with Gasteiger partial charge in [0.05, 0.1) is 18.4 Å². The van der Waals surface area contributed by atoms with Crippen molar-refractivity contribution in [1.29, 1.82) is 0 Å². The molecule has 1 aliphatic rings. The molecular weight excluding hydrogens is 333 g/mol. The lowest BCUT2D eigenvalue weighted by atomic mass is 10.1. The van der Waals surface area contributed by atoms with Crippen molar-refractivity contribution in [2.75, 3.05) is 11.4 Å². The molecule has 0 radical (unpaired) electrons. The van der Waals surface area contributed by atoms with E-state index in [0.29, 0.717) is 12.1 Å². The van der Waals surface area contributed by atoms with Crippen LogP contribution in [-0.2, 0) is 21.2 Å². The van der Waals surface area contributed by atoms with E-state index in [-0.39, 0.29) is 11.6 Å². The van der Waals surface area contributed by atoms with Gasteiger partial charge in [0.1, 0.15) is 10.7 Å². The van der Waals surface area contributed by atoms with Crippen LogP contribution in [-0.4, -0.2) is 27.5 Å². The van der Waals surface area contributed by atoms with Crippen LogP contribution in [0.25, 0.3) is 0 Å². The van der Waals surface area contributed by atoms with Crippen molar-refractivity contribution in [1.82, 2.24) is 0 Å². The lowest BCUT2D eigenvalue weighted by molar-refractivity contribution is 0.0600. The Labute approximate surface area is 139 Å². The fourth-order valence-corrected chi connectivity index (χ4v) is 4.74. The van der Waals surface area contributed by atoms with E-state index in [1.807, 2.05) is 12.1 Å². The first-order chi connectivity index (χ1) is 11.4. The van der Waals surface area contributed by atoms with Gasteiger partial charge in [-0.05, 0) is 43.2 Å². The third kappa shape index (κ3) is 2.54. The number of esters is 1. The molecule has 0 bridgehead atoms. The molecule has 0 aromatic heterocycles. The summed E-state index contributed by atoms with van der Waals surface area (Å²) in [6.45, 7) is 1.76. The second-order valence-corrected chi connectivity index (χ2v) is 7.40. The van der Waals surface area contributed by atoms with E-state index in [9.17, 15) is 17.6 Å². The summed E-state index contributed by atoms with van der Waals surface area (Å²) in [7, 11) is -2.97. The molecule has 0 fully saturated rings. The number of hydrogen-bond acceptors (Lipinski definition) is 4. The van der Waals surface area contributed by atoms with E-state index in [1.165, 1.54) is 17.5 Å². The number of ether oxygens (including phenoxy) is 1. The Bertz CT molecular complexity index is 911. The quantitative estimate of drug-likeness (QED) is 0.800. The maximum Gasteiger partial charge on any atom is 0.337 e. The summed E-state index contributed by atoms with van der Waals surface area (Å²) in [4.78, 5) is 11.1. The van der Waals surface area contributed by atoms with Crippen molar-refractivity contribution in [3.05, 3.63) is 59.4 Å². The minimum atomic E-state index is -4.15. The predicted octanol–water partition coefficient (Wildman–Crippen LogP) is 2.75. The van der Waals surface area contributed by atoms with Crippen LogP contribution in [0.3, 0.4) is 0 Å². The van der Waals surface area contributed by atoms with E-state index in [1.54, 1.807) is 19.1 Å². The molecule has 1 aliphatic heterocycles. The summed E-state index contributed by atoms with van der Waals surface area (Å²) in [5.41, 5.74) is 1.41. The Morgan fingerprint density at radius 3 is 2.67 bits per heavy atom. The number of methoxy groups -OCH3 is 1. The average Bonchev–Trinajstić information content (AvgIpc) is 2.90. The first-order valence-electron chi connectivity index (χ1n) is 7.36. The SMILES string of the molecule is COC(=O)c1ccc(F)c(S(=O)(=O)N2c3ccccc3C[C@@H]2C)c1. The van der Waals surface area contributed by atoms with Crippen molar-refractivity contribution in [2.45, 2.75) is 24.3 Å². The fraction of sp³-hybridized carbons (Fsp3) is 0.235. The van der Waals surface area contributed by atoms with Gasteiger partial charge >= 0.3 is 5.97 Å². The molecule has 3 rings (SSSR count). The molecule has 0 saturated heterocycles. The number of para-hydroxylation sites is 1. The summed E-state index contributed by atoms with van der Waals surface area (Å²) < 4.78 is 46.1. The van der Waals surface area contributed by atoms with Gasteiger partial charge in [0.25, 0.3) is 10.0 Å². The van der Waals surface area contributed by atoms with E-state index in [0.717, 1.165) is 17.7 Å². The summed E-state index contributed by atoms with van der Waals surface area (Å²) in [6, 6.07) is 9.95. The summed E-state index contributed by atoms with van der Waals surface area (Å²) in [6.07, 6.45) is 0.549. The van der Waals surface area contributed by atoms with Crippen LogP contribution in [0.2, 0.25) is 0 Å². The van der Waals surface area contributed by atoms with Gasteiger partial charge in [0.2, 0.25) is 0 Å². The summed E-state index contributed by atoms with van der Waals surface area (Å²) in [5.74, 6) is -1.62. The minimum Gasteiger partial charge on any atom is -0.465 e. The number of halogens is 1. The van der Waals surface area contributed by atoms with Crippen LogP contribution < -0.4 is 4.31 Å². The number of carbonyl (C=O) groups excluding carboxylic acids is 1. The largest absolute Gasteiger partial charge is 0.465 e. The Balaban J connectivity index is 2.14. The molecule has 126 valence electrons. The third-order valence-electron chi connectivity index (χ3n) is 4.03. The third-order valence-corrected chi connectivity index (χ3v) is 5.98. The highest BCUT2D eigenvalue weighted by Gasteiger charge is 2.37. The number of sulfonamides is 1. The number of hydrogen-bond donors (Lipinski definition) is 0. The Kier molecular flexibility index (Phi) is 4.04. The lowest BCUT2D eigenvalue weighted by Crippen LogP contribution is -2.36. The molecule has 0 saturated carbocycles. The number of fused-ring (bicyclic) bond motifs is 1. The van der Waals surface area contributed by atoms with Crippen LogP contribution in [0, 0.1) is 5.82 Å². The average molecular weight is 349 g/mol. The molecular formula is C17H16FNO4S. The van der Waals surface area contributed by atoms with Gasteiger partial charge in [-0.25, -0.2) is 17.6 Å². The van der Waals surface area contributed by atoms with Crippen LogP contribution in [0.4, 0.5) is 10.1 Å². The number of rotatable bonds is 3. The van der Waals surface area contributed by atoms with Crippen molar-refractivity contribution < 1.29 is 22.3 Å². The highest BCUT2D eigenvalue weighted by Crippen LogP contribution is 2.37. The summed E-state index contributed by atoms with van der Waals surface area (Å²) >= 11 is 0. The molecule has 2 aromatic carbocycles. The zero-order chi connectivity index (χ0) is 17.5. The van der Waals surface area contributed by atoms with Gasteiger partial charge in [0.15, 0.2) is 0 Å². The highest BCUT2D eigenvalue weighted by molar-refractivity contribution is 7.92. The standard InChI is InChI=1S/C17H16FNO4S/c1-11-9-12-5-3-4-6-15(12)19(11)24(21,22)16-10-13(17(20)23-2)7-8-14(16)18/h3-8,10-11H,9H2,1-2H3/t11-/m0/s1. The van der Waals surface area contributed by atoms with Crippen molar-refractivity contribution >= 4 is 21.7 Å². The van der Waals surface area contributed by atoms with Crippen molar-refractivity contribution in [3.63, 3.8) is 0 Å². The van der Waals surface area contributed by atoms with Crippen molar-refractivity contribution in [3.8, 4) is 0 Å². The first-order valence-corrected chi connectivity index (χ1v) is 8.80. The molecule has 2 aromatic rings. The van der Waals surface area contributed by atoms with E-state index in [2.05, 4.69) is 4.74 Å². The first kappa shape index (κ1) is 16.4. The van der Waals surface area contributed by atoms with Gasteiger partial charge in [0, 0.05) is 6.04 Å². The van der Waals surface area contributed by atoms with Crippen molar-refractivity contribution in [2.24, 2.45) is 0 Å². The second kappa shape index (κ2) is 5.90. The minimum absolute atomic E-state index is 0.0161. The molecule has 1 heterocycles. The second-order valence-electron chi connectivity index (χ2n) is 5.62. The zero-order valence-electron chi connectivity index (χ0n) is 13.2. The summed E-state index contributed by atoms with van der Waals surface area (Å²) in [5, 5.41) is 0. The molecule has 0 aliphatic carbocycles. The highest BCUT2D eigenvalue weighted by atomic mass is 32.2. The van der Waals surface area contributed by atoms with E-state index >= 15 is 0 Å². The molecule has 0 N–H and O–H groups in total. The van der Waals surface area contributed by atoms with Crippen LogP contribution >= 0.6 is 0 Å². The van der Waals surface area contributed by atoms with Crippen LogP contribution in [0.1, 0.15) is 22.8 Å². The molecule has 0 amide bonds. The van der Waals surface area contributed by atoms with Crippen LogP contribution in [0.15, 0.2) is 47.4 Å². The molecule has 5 nitrogen and oxygen atoms in total. The van der Waals surface area contributed by atoms with E-state index < -0.39 is 26.7 Å². The Morgan fingerprint density at radius 1 is 1.25 bits per heavy atom. The number of nitrogens with zero attached hydrogens (tertiary/aromatic N) is 1. The maximum atomic E-state index is 14.2. The zero-order valence-corrected chi connectivity index (χ0v) is 14.0. The predicted molar refractivity (Wildman–Crippen MR) is 87.0 cm³/mol. The van der Waals surface area contributed by atoms with Crippen LogP contribution in [0.5, 0.6) is 0 Å².